The van der Waals surface area contributed by atoms with E-state index in [0.29, 0.717) is 5.92 Å². The predicted octanol–water partition coefficient (Wildman–Crippen LogP) is 9.10. The molecular weight excluding hydrogens is 524 g/mol. The smallest absolute Gasteiger partial charge is 0.163 e. The zero-order chi connectivity index (χ0) is 28.8. The Labute approximate surface area is 251 Å². The van der Waals surface area contributed by atoms with Crippen molar-refractivity contribution >= 4 is 38.9 Å². The molecule has 2 aliphatic rings. The van der Waals surface area contributed by atoms with Crippen molar-refractivity contribution in [2.24, 2.45) is 5.92 Å². The average Bonchev–Trinajstić information content (AvgIpc) is 3.07. The molecular formula is C39H30N4. The first kappa shape index (κ1) is 25.5. The molecule has 2 atom stereocenters. The zero-order valence-electron chi connectivity index (χ0n) is 24.0. The van der Waals surface area contributed by atoms with Gasteiger partial charge in [0.15, 0.2) is 11.6 Å². The summed E-state index contributed by atoms with van der Waals surface area (Å²) in [5.41, 5.74) is 8.27. The summed E-state index contributed by atoms with van der Waals surface area (Å²) < 4.78 is 0. The van der Waals surface area contributed by atoms with E-state index in [0.717, 1.165) is 52.4 Å². The molecule has 6 aromatic rings. The molecule has 206 valence electrons. The van der Waals surface area contributed by atoms with Gasteiger partial charge in [0.1, 0.15) is 5.82 Å². The molecule has 0 spiro atoms. The number of nitrogens with zero attached hydrogens (tertiary/aromatic N) is 4. The van der Waals surface area contributed by atoms with Crippen LogP contribution < -0.4 is 0 Å². The molecule has 43 heavy (non-hydrogen) atoms. The monoisotopic (exact) mass is 554 g/mol. The Kier molecular flexibility index (Phi) is 6.26. The molecule has 0 N–H and O–H groups in total. The third kappa shape index (κ3) is 4.75. The van der Waals surface area contributed by atoms with Gasteiger partial charge in [-0.3, -0.25) is 4.98 Å². The fourth-order valence-electron chi connectivity index (χ4n) is 6.46. The van der Waals surface area contributed by atoms with E-state index in [1.165, 1.54) is 33.0 Å². The molecule has 2 heterocycles. The van der Waals surface area contributed by atoms with E-state index in [-0.39, 0.29) is 5.92 Å². The second-order valence-corrected chi connectivity index (χ2v) is 11.6. The molecule has 4 heteroatoms. The van der Waals surface area contributed by atoms with Crippen LogP contribution in [0.3, 0.4) is 0 Å². The van der Waals surface area contributed by atoms with Gasteiger partial charge in [0.2, 0.25) is 0 Å². The quantitative estimate of drug-likeness (QED) is 0.218. The number of aromatic nitrogens is 4. The molecule has 0 saturated carbocycles. The van der Waals surface area contributed by atoms with E-state index in [9.17, 15) is 0 Å². The number of hydrogen-bond donors (Lipinski definition) is 0. The van der Waals surface area contributed by atoms with Crippen molar-refractivity contribution in [3.8, 4) is 11.4 Å². The first-order chi connectivity index (χ1) is 21.2. The average molecular weight is 555 g/mol. The molecule has 8 rings (SSSR count). The maximum atomic E-state index is 5.14. The highest BCUT2D eigenvalue weighted by Crippen LogP contribution is 2.38. The molecule has 0 amide bonds. The first-order valence-corrected chi connectivity index (χ1v) is 15.0. The highest BCUT2D eigenvalue weighted by molar-refractivity contribution is 5.93. The lowest BCUT2D eigenvalue weighted by Gasteiger charge is -2.23. The molecule has 2 aromatic heterocycles. The minimum absolute atomic E-state index is 0.0883. The topological polar surface area (TPSA) is 51.6 Å². The molecule has 0 radical (unpaired) electrons. The van der Waals surface area contributed by atoms with Crippen LogP contribution in [0.1, 0.15) is 47.6 Å². The van der Waals surface area contributed by atoms with Crippen molar-refractivity contribution in [1.29, 1.82) is 0 Å². The van der Waals surface area contributed by atoms with Crippen molar-refractivity contribution in [2.45, 2.75) is 25.7 Å². The van der Waals surface area contributed by atoms with Crippen LogP contribution in [0, 0.1) is 5.92 Å². The van der Waals surface area contributed by atoms with Gasteiger partial charge in [-0.1, -0.05) is 116 Å². The lowest BCUT2D eigenvalue weighted by atomic mass is 9.83. The van der Waals surface area contributed by atoms with Crippen molar-refractivity contribution < 1.29 is 0 Å². The Balaban J connectivity index is 1.23. The van der Waals surface area contributed by atoms with Crippen LogP contribution in [0.15, 0.2) is 121 Å². The maximum absolute atomic E-state index is 5.14. The Morgan fingerprint density at radius 2 is 1.49 bits per heavy atom. The Morgan fingerprint density at radius 1 is 0.674 bits per heavy atom. The minimum atomic E-state index is 0.0883. The van der Waals surface area contributed by atoms with Gasteiger partial charge in [-0.15, -0.1) is 0 Å². The van der Waals surface area contributed by atoms with Gasteiger partial charge >= 0.3 is 0 Å². The largest absolute Gasteiger partial charge is 0.256 e. The molecule has 0 aliphatic heterocycles. The summed E-state index contributed by atoms with van der Waals surface area (Å²) in [6, 6.07) is 34.0. The Hall–Kier alpha value is -5.22. The van der Waals surface area contributed by atoms with Gasteiger partial charge in [-0.2, -0.15) is 0 Å². The summed E-state index contributed by atoms with van der Waals surface area (Å²) in [5.74, 6) is 2.68. The fourth-order valence-corrected chi connectivity index (χ4v) is 6.46. The molecule has 0 fully saturated rings. The summed E-state index contributed by atoms with van der Waals surface area (Å²) >= 11 is 0. The summed E-state index contributed by atoms with van der Waals surface area (Å²) in [6.45, 7) is 2.29. The second-order valence-electron chi connectivity index (χ2n) is 11.6. The minimum Gasteiger partial charge on any atom is -0.256 e. The van der Waals surface area contributed by atoms with Crippen molar-refractivity contribution in [3.05, 3.63) is 150 Å². The normalized spacial score (nSPS) is 17.9. The van der Waals surface area contributed by atoms with E-state index in [2.05, 4.69) is 122 Å². The van der Waals surface area contributed by atoms with Crippen LogP contribution in [-0.4, -0.2) is 19.9 Å². The van der Waals surface area contributed by atoms with Crippen LogP contribution in [0.4, 0.5) is 0 Å². The van der Waals surface area contributed by atoms with Crippen LogP contribution in [0.25, 0.3) is 50.3 Å². The lowest BCUT2D eigenvalue weighted by molar-refractivity contribution is 0.729. The molecule has 2 aliphatic carbocycles. The van der Waals surface area contributed by atoms with Gasteiger partial charge < -0.3 is 0 Å². The number of fused-ring (bicyclic) bond motifs is 3. The first-order valence-electron chi connectivity index (χ1n) is 15.0. The van der Waals surface area contributed by atoms with Crippen molar-refractivity contribution in [3.63, 3.8) is 0 Å². The number of para-hydroxylation sites is 1. The summed E-state index contributed by atoms with van der Waals surface area (Å²) in [5, 5.41) is 3.54. The molecule has 4 aromatic carbocycles. The van der Waals surface area contributed by atoms with Gasteiger partial charge in [-0.05, 0) is 63.9 Å². The maximum Gasteiger partial charge on any atom is 0.163 e. The third-order valence-corrected chi connectivity index (χ3v) is 8.75. The zero-order valence-corrected chi connectivity index (χ0v) is 24.0. The van der Waals surface area contributed by atoms with E-state index in [1.54, 1.807) is 0 Å². The van der Waals surface area contributed by atoms with Crippen LogP contribution in [0.2, 0.25) is 0 Å². The molecule has 0 bridgehead atoms. The van der Waals surface area contributed by atoms with Crippen molar-refractivity contribution in [1.82, 2.24) is 19.9 Å². The number of benzene rings is 4. The number of rotatable bonds is 4. The lowest BCUT2D eigenvalue weighted by Crippen LogP contribution is -2.14. The number of allylic oxidation sites excluding steroid dienone is 5. The van der Waals surface area contributed by atoms with Crippen LogP contribution in [-0.2, 0) is 6.42 Å². The highest BCUT2D eigenvalue weighted by Gasteiger charge is 2.24. The molecule has 0 saturated heterocycles. The number of pyridine rings is 1. The molecule has 4 nitrogen and oxygen atoms in total. The Morgan fingerprint density at radius 3 is 2.42 bits per heavy atom. The van der Waals surface area contributed by atoms with Gasteiger partial charge in [0.25, 0.3) is 0 Å². The third-order valence-electron chi connectivity index (χ3n) is 8.75. The van der Waals surface area contributed by atoms with Gasteiger partial charge in [0, 0.05) is 28.6 Å². The standard InChI is InChI=1S/C39H30N4/c1-25-22-31(19-20-34(25)35-14-6-12-28-13-7-21-40-36(28)35)37-41-38(32-17-15-26-8-2-4-10-29(26)23-32)43-39(42-37)33-18-16-27-9-3-5-11-30(27)24-33/h2-21,23,25,33H,22,24H2,1H3. The van der Waals surface area contributed by atoms with Gasteiger partial charge in [0.05, 0.1) is 5.52 Å². The SMILES string of the molecule is CC1CC(c2nc(-c3ccc4ccccc4c3)nc(C3C=Cc4ccccc4C3)n2)=CC=C1c1cccc2cccnc12. The van der Waals surface area contributed by atoms with E-state index in [4.69, 9.17) is 19.9 Å². The van der Waals surface area contributed by atoms with E-state index < -0.39 is 0 Å². The summed E-state index contributed by atoms with van der Waals surface area (Å²) in [4.78, 5) is 20.0. The number of hydrogen-bond acceptors (Lipinski definition) is 4. The summed E-state index contributed by atoms with van der Waals surface area (Å²) in [6.07, 6.45) is 12.5. The van der Waals surface area contributed by atoms with Crippen molar-refractivity contribution in [2.75, 3.05) is 0 Å². The molecule has 2 unspecified atom stereocenters. The second kappa shape index (κ2) is 10.6. The van der Waals surface area contributed by atoms with Crippen LogP contribution >= 0.6 is 0 Å². The van der Waals surface area contributed by atoms with E-state index in [1.807, 2.05) is 12.3 Å². The van der Waals surface area contributed by atoms with Gasteiger partial charge in [-0.25, -0.2) is 15.0 Å². The predicted molar refractivity (Wildman–Crippen MR) is 176 cm³/mol. The fraction of sp³-hybridized carbons (Fsp3) is 0.128. The van der Waals surface area contributed by atoms with Crippen LogP contribution in [0.5, 0.6) is 0 Å². The Bertz CT molecular complexity index is 2110. The van der Waals surface area contributed by atoms with E-state index >= 15 is 0 Å². The highest BCUT2D eigenvalue weighted by atomic mass is 15.0. The summed E-state index contributed by atoms with van der Waals surface area (Å²) in [7, 11) is 0.